The van der Waals surface area contributed by atoms with Crippen LogP contribution in [0, 0.1) is 6.92 Å². The number of ether oxygens (including phenoxy) is 2. The molecule has 1 N–H and O–H groups in total. The van der Waals surface area contributed by atoms with Crippen LogP contribution in [0.1, 0.15) is 26.4 Å². The number of rotatable bonds is 5. The number of nitrogens with zero attached hydrogens (tertiary/aromatic N) is 1. The first-order valence-electron chi connectivity index (χ1n) is 9.34. The number of aromatic amines is 1. The summed E-state index contributed by atoms with van der Waals surface area (Å²) < 4.78 is 11.1. The number of para-hydroxylation sites is 2. The average Bonchev–Trinajstić information content (AvgIpc) is 3.08. The molecule has 0 spiro atoms. The van der Waals surface area contributed by atoms with Gasteiger partial charge in [-0.05, 0) is 25.1 Å². The van der Waals surface area contributed by atoms with Gasteiger partial charge < -0.3 is 19.4 Å². The summed E-state index contributed by atoms with van der Waals surface area (Å²) >= 11 is 0. The van der Waals surface area contributed by atoms with Gasteiger partial charge in [0.25, 0.3) is 5.91 Å². The number of fused-ring (bicyclic) bond motifs is 1. The molecule has 0 radical (unpaired) electrons. The summed E-state index contributed by atoms with van der Waals surface area (Å²) in [6.07, 6.45) is 0. The monoisotopic (exact) mass is 378 g/mol. The number of hydrogen-bond donors (Lipinski definition) is 1. The van der Waals surface area contributed by atoms with E-state index in [0.29, 0.717) is 43.2 Å². The minimum atomic E-state index is -0.129. The van der Waals surface area contributed by atoms with Crippen LogP contribution in [0.3, 0.4) is 0 Å². The Morgan fingerprint density at radius 2 is 1.79 bits per heavy atom. The number of carbonyl (C=O) groups excluding carboxylic acids is 2. The molecule has 1 aliphatic rings. The number of nitrogens with one attached hydrogen (secondary N) is 1. The van der Waals surface area contributed by atoms with E-state index in [1.54, 1.807) is 29.2 Å². The van der Waals surface area contributed by atoms with E-state index in [2.05, 4.69) is 4.98 Å². The van der Waals surface area contributed by atoms with Gasteiger partial charge in [-0.2, -0.15) is 0 Å². The highest BCUT2D eigenvalue weighted by atomic mass is 16.5. The van der Waals surface area contributed by atoms with Crippen molar-refractivity contribution in [2.24, 2.45) is 0 Å². The Balaban J connectivity index is 1.53. The minimum Gasteiger partial charge on any atom is -0.485 e. The average molecular weight is 378 g/mol. The molecule has 144 valence electrons. The second-order valence-electron chi connectivity index (χ2n) is 6.78. The van der Waals surface area contributed by atoms with Crippen LogP contribution in [0.5, 0.6) is 5.75 Å². The number of benzene rings is 2. The lowest BCUT2D eigenvalue weighted by Gasteiger charge is -2.27. The van der Waals surface area contributed by atoms with E-state index in [1.165, 1.54) is 0 Å². The van der Waals surface area contributed by atoms with Gasteiger partial charge in [0.15, 0.2) is 6.61 Å². The first-order chi connectivity index (χ1) is 13.6. The van der Waals surface area contributed by atoms with E-state index < -0.39 is 0 Å². The number of amides is 1. The lowest BCUT2D eigenvalue weighted by Crippen LogP contribution is -2.40. The molecule has 0 unspecified atom stereocenters. The van der Waals surface area contributed by atoms with E-state index in [0.717, 1.165) is 16.6 Å². The Bertz CT molecular complexity index is 1020. The Kier molecular flexibility index (Phi) is 5.12. The number of Topliss-reactive ketones (excluding diaryl/α,β-unsaturated/α-hetero) is 1. The van der Waals surface area contributed by atoms with Crippen LogP contribution >= 0.6 is 0 Å². The largest absolute Gasteiger partial charge is 0.485 e. The van der Waals surface area contributed by atoms with Crippen molar-refractivity contribution in [3.05, 3.63) is 65.4 Å². The standard InChI is InChI=1S/C22H22N2O4/c1-15-21(16-6-2-4-8-18(16)23-15)19(25)14-28-20-9-5-3-7-17(20)22(26)24-10-12-27-13-11-24/h2-9,23H,10-14H2,1H3. The molecule has 1 aliphatic heterocycles. The smallest absolute Gasteiger partial charge is 0.257 e. The van der Waals surface area contributed by atoms with Gasteiger partial charge in [-0.15, -0.1) is 0 Å². The number of carbonyl (C=O) groups is 2. The molecule has 0 aliphatic carbocycles. The number of morpholine rings is 1. The third-order valence-electron chi connectivity index (χ3n) is 4.95. The van der Waals surface area contributed by atoms with Crippen LogP contribution in [-0.2, 0) is 4.74 Å². The van der Waals surface area contributed by atoms with Gasteiger partial charge >= 0.3 is 0 Å². The molecule has 6 heteroatoms. The molecule has 0 bridgehead atoms. The van der Waals surface area contributed by atoms with Crippen molar-refractivity contribution < 1.29 is 19.1 Å². The zero-order chi connectivity index (χ0) is 19.5. The maximum absolute atomic E-state index is 12.8. The summed E-state index contributed by atoms with van der Waals surface area (Å²) in [6, 6.07) is 14.7. The fourth-order valence-electron chi connectivity index (χ4n) is 3.56. The topological polar surface area (TPSA) is 71.6 Å². The lowest BCUT2D eigenvalue weighted by molar-refractivity contribution is 0.0300. The van der Waals surface area contributed by atoms with Gasteiger partial charge in [0.1, 0.15) is 5.75 Å². The fourth-order valence-corrected chi connectivity index (χ4v) is 3.56. The van der Waals surface area contributed by atoms with E-state index in [-0.39, 0.29) is 18.3 Å². The van der Waals surface area contributed by atoms with Crippen molar-refractivity contribution >= 4 is 22.6 Å². The van der Waals surface area contributed by atoms with Crippen LogP contribution in [-0.4, -0.2) is 54.5 Å². The molecule has 2 heterocycles. The third kappa shape index (κ3) is 3.51. The normalized spacial score (nSPS) is 14.2. The summed E-state index contributed by atoms with van der Waals surface area (Å²) in [5.41, 5.74) is 2.83. The summed E-state index contributed by atoms with van der Waals surface area (Å²) in [7, 11) is 0. The molecule has 1 aromatic heterocycles. The maximum atomic E-state index is 12.8. The predicted molar refractivity (Wildman–Crippen MR) is 106 cm³/mol. The van der Waals surface area contributed by atoms with Crippen molar-refractivity contribution in [3.8, 4) is 5.75 Å². The van der Waals surface area contributed by atoms with Crippen molar-refractivity contribution in [1.82, 2.24) is 9.88 Å². The zero-order valence-electron chi connectivity index (χ0n) is 15.7. The number of hydrogen-bond acceptors (Lipinski definition) is 4. The lowest BCUT2D eigenvalue weighted by atomic mass is 10.1. The molecule has 4 rings (SSSR count). The SMILES string of the molecule is Cc1[nH]c2ccccc2c1C(=O)COc1ccccc1C(=O)N1CCOCC1. The molecule has 2 aromatic carbocycles. The van der Waals surface area contributed by atoms with Gasteiger partial charge in [-0.3, -0.25) is 9.59 Å². The Labute approximate surface area is 163 Å². The maximum Gasteiger partial charge on any atom is 0.257 e. The number of aryl methyl sites for hydroxylation is 1. The first-order valence-corrected chi connectivity index (χ1v) is 9.34. The Hall–Kier alpha value is -3.12. The van der Waals surface area contributed by atoms with Crippen LogP contribution in [0.25, 0.3) is 10.9 Å². The van der Waals surface area contributed by atoms with Gasteiger partial charge in [0.05, 0.1) is 18.8 Å². The molecule has 1 amide bonds. The Morgan fingerprint density at radius 1 is 1.07 bits per heavy atom. The highest BCUT2D eigenvalue weighted by Gasteiger charge is 2.22. The molecule has 1 saturated heterocycles. The van der Waals surface area contributed by atoms with Gasteiger partial charge in [-0.25, -0.2) is 0 Å². The second-order valence-corrected chi connectivity index (χ2v) is 6.78. The fraction of sp³-hybridized carbons (Fsp3) is 0.273. The van der Waals surface area contributed by atoms with Gasteiger partial charge in [-0.1, -0.05) is 30.3 Å². The number of H-pyrrole nitrogens is 1. The predicted octanol–water partition coefficient (Wildman–Crippen LogP) is 3.21. The molecule has 28 heavy (non-hydrogen) atoms. The molecule has 3 aromatic rings. The van der Waals surface area contributed by atoms with Gasteiger partial charge in [0, 0.05) is 35.2 Å². The molecule has 1 fully saturated rings. The van der Waals surface area contributed by atoms with Crippen LogP contribution < -0.4 is 4.74 Å². The van der Waals surface area contributed by atoms with E-state index in [1.807, 2.05) is 31.2 Å². The third-order valence-corrected chi connectivity index (χ3v) is 4.95. The highest BCUT2D eigenvalue weighted by molar-refractivity contribution is 6.10. The van der Waals surface area contributed by atoms with Crippen molar-refractivity contribution in [2.75, 3.05) is 32.9 Å². The van der Waals surface area contributed by atoms with Crippen molar-refractivity contribution in [3.63, 3.8) is 0 Å². The van der Waals surface area contributed by atoms with E-state index in [9.17, 15) is 9.59 Å². The summed E-state index contributed by atoms with van der Waals surface area (Å²) in [6.45, 7) is 3.93. The number of aromatic nitrogens is 1. The van der Waals surface area contributed by atoms with Crippen molar-refractivity contribution in [2.45, 2.75) is 6.92 Å². The zero-order valence-corrected chi connectivity index (χ0v) is 15.7. The molecule has 6 nitrogen and oxygen atoms in total. The van der Waals surface area contributed by atoms with E-state index in [4.69, 9.17) is 9.47 Å². The minimum absolute atomic E-state index is 0.102. The van der Waals surface area contributed by atoms with Crippen LogP contribution in [0.4, 0.5) is 0 Å². The van der Waals surface area contributed by atoms with Gasteiger partial charge in [0.2, 0.25) is 5.78 Å². The molecular weight excluding hydrogens is 356 g/mol. The second kappa shape index (κ2) is 7.86. The molecular formula is C22H22N2O4. The van der Waals surface area contributed by atoms with Crippen molar-refractivity contribution in [1.29, 1.82) is 0 Å². The summed E-state index contributed by atoms with van der Waals surface area (Å²) in [4.78, 5) is 30.6. The summed E-state index contributed by atoms with van der Waals surface area (Å²) in [5, 5.41) is 0.881. The van der Waals surface area contributed by atoms with Crippen LogP contribution in [0.15, 0.2) is 48.5 Å². The highest BCUT2D eigenvalue weighted by Crippen LogP contribution is 2.24. The molecule has 0 atom stereocenters. The first kappa shape index (κ1) is 18.3. The van der Waals surface area contributed by atoms with Crippen LogP contribution in [0.2, 0.25) is 0 Å². The Morgan fingerprint density at radius 3 is 2.61 bits per heavy atom. The van der Waals surface area contributed by atoms with E-state index >= 15 is 0 Å². The molecule has 0 saturated carbocycles. The number of ketones is 1. The quantitative estimate of drug-likeness (QED) is 0.692. The summed E-state index contributed by atoms with van der Waals surface area (Å²) in [5.74, 6) is 0.197.